The van der Waals surface area contributed by atoms with E-state index in [9.17, 15) is 4.79 Å². The fourth-order valence-corrected chi connectivity index (χ4v) is 1.39. The molecular weight excluding hydrogens is 224 g/mol. The number of carbonyl (C=O) groups is 1. The fourth-order valence-electron chi connectivity index (χ4n) is 0.882. The van der Waals surface area contributed by atoms with E-state index >= 15 is 0 Å². The standard InChI is InChI=1S/C8H8N4OS.C2H6/c1-10-14-7-4-2-6(3-5-7)8(13)11-12-9;1-2/h2-5,10H,1H3;1-2H3. The first kappa shape index (κ1) is 14.5. The lowest BCUT2D eigenvalue weighted by Crippen LogP contribution is -1.94. The summed E-state index contributed by atoms with van der Waals surface area (Å²) in [6.45, 7) is 4.00. The average molecular weight is 238 g/mol. The lowest BCUT2D eigenvalue weighted by Gasteiger charge is -1.99. The number of rotatable bonds is 3. The van der Waals surface area contributed by atoms with Gasteiger partial charge in [0, 0.05) is 15.4 Å². The van der Waals surface area contributed by atoms with Crippen LogP contribution in [0, 0.1) is 0 Å². The molecule has 0 saturated heterocycles. The Morgan fingerprint density at radius 2 is 1.94 bits per heavy atom. The number of azide groups is 1. The molecule has 0 fully saturated rings. The van der Waals surface area contributed by atoms with E-state index in [1.807, 2.05) is 20.9 Å². The summed E-state index contributed by atoms with van der Waals surface area (Å²) in [7, 11) is 1.81. The molecule has 0 aliphatic rings. The molecule has 0 spiro atoms. The van der Waals surface area contributed by atoms with Gasteiger partial charge >= 0.3 is 0 Å². The van der Waals surface area contributed by atoms with Crippen molar-refractivity contribution in [3.8, 4) is 0 Å². The quantitative estimate of drug-likeness (QED) is 0.379. The molecule has 6 heteroatoms. The highest BCUT2D eigenvalue weighted by Gasteiger charge is 2.01. The van der Waals surface area contributed by atoms with E-state index in [1.165, 1.54) is 11.9 Å². The van der Waals surface area contributed by atoms with Crippen molar-refractivity contribution in [1.82, 2.24) is 4.72 Å². The van der Waals surface area contributed by atoms with Crippen molar-refractivity contribution in [3.63, 3.8) is 0 Å². The van der Waals surface area contributed by atoms with Crippen molar-refractivity contribution < 1.29 is 4.79 Å². The normalized spacial score (nSPS) is 8.44. The van der Waals surface area contributed by atoms with Crippen LogP contribution in [-0.4, -0.2) is 13.0 Å². The topological polar surface area (TPSA) is 77.9 Å². The van der Waals surface area contributed by atoms with Crippen LogP contribution in [0.4, 0.5) is 0 Å². The van der Waals surface area contributed by atoms with Crippen molar-refractivity contribution in [2.24, 2.45) is 5.11 Å². The molecule has 1 aromatic rings. The third-order valence-electron chi connectivity index (χ3n) is 1.46. The smallest absolute Gasteiger partial charge is 0.249 e. The van der Waals surface area contributed by atoms with Crippen molar-refractivity contribution >= 4 is 17.9 Å². The maximum atomic E-state index is 11.1. The molecule has 0 bridgehead atoms. The summed E-state index contributed by atoms with van der Waals surface area (Å²) >= 11 is 1.44. The second-order valence-electron chi connectivity index (χ2n) is 2.33. The van der Waals surface area contributed by atoms with Gasteiger partial charge in [-0.25, -0.2) is 0 Å². The van der Waals surface area contributed by atoms with E-state index in [4.69, 9.17) is 5.53 Å². The van der Waals surface area contributed by atoms with Gasteiger partial charge in [0.25, 0.3) is 0 Å². The molecule has 1 aromatic carbocycles. The second-order valence-corrected chi connectivity index (χ2v) is 3.41. The lowest BCUT2D eigenvalue weighted by atomic mass is 10.2. The van der Waals surface area contributed by atoms with Gasteiger partial charge in [-0.15, -0.1) is 0 Å². The fraction of sp³-hybridized carbons (Fsp3) is 0.300. The van der Waals surface area contributed by atoms with Gasteiger partial charge in [0.15, 0.2) is 0 Å². The molecule has 0 aliphatic carbocycles. The molecule has 0 atom stereocenters. The number of nitrogens with zero attached hydrogens (tertiary/aromatic N) is 3. The zero-order valence-electron chi connectivity index (χ0n) is 9.47. The highest BCUT2D eigenvalue weighted by molar-refractivity contribution is 7.97. The number of nitrogens with one attached hydrogen (secondary N) is 1. The Morgan fingerprint density at radius 1 is 1.38 bits per heavy atom. The van der Waals surface area contributed by atoms with E-state index in [1.54, 1.807) is 24.3 Å². The van der Waals surface area contributed by atoms with Gasteiger partial charge in [0.05, 0.1) is 0 Å². The largest absolute Gasteiger partial charge is 0.287 e. The van der Waals surface area contributed by atoms with Gasteiger partial charge in [0.2, 0.25) is 5.91 Å². The summed E-state index contributed by atoms with van der Waals surface area (Å²) in [6.07, 6.45) is 0. The molecular formula is C10H14N4OS. The third-order valence-corrected chi connectivity index (χ3v) is 2.17. The first-order valence-corrected chi connectivity index (χ1v) is 5.62. The van der Waals surface area contributed by atoms with Gasteiger partial charge in [-0.2, -0.15) is 0 Å². The Bertz CT molecular complexity index is 371. The minimum Gasteiger partial charge on any atom is -0.287 e. The van der Waals surface area contributed by atoms with E-state index < -0.39 is 5.91 Å². The highest BCUT2D eigenvalue weighted by atomic mass is 32.2. The van der Waals surface area contributed by atoms with Crippen LogP contribution in [0.5, 0.6) is 0 Å². The van der Waals surface area contributed by atoms with Crippen molar-refractivity contribution in [2.75, 3.05) is 7.05 Å². The Morgan fingerprint density at radius 3 is 2.38 bits per heavy atom. The third kappa shape index (κ3) is 4.84. The molecule has 5 nitrogen and oxygen atoms in total. The van der Waals surface area contributed by atoms with Crippen LogP contribution in [0.1, 0.15) is 24.2 Å². The van der Waals surface area contributed by atoms with E-state index in [0.717, 1.165) is 4.90 Å². The van der Waals surface area contributed by atoms with Crippen LogP contribution in [0.25, 0.3) is 10.4 Å². The summed E-state index contributed by atoms with van der Waals surface area (Å²) in [4.78, 5) is 14.5. The van der Waals surface area contributed by atoms with Crippen LogP contribution < -0.4 is 4.72 Å². The van der Waals surface area contributed by atoms with E-state index in [-0.39, 0.29) is 0 Å². The van der Waals surface area contributed by atoms with Crippen molar-refractivity contribution in [2.45, 2.75) is 18.7 Å². The highest BCUT2D eigenvalue weighted by Crippen LogP contribution is 2.14. The molecule has 0 heterocycles. The number of benzene rings is 1. The average Bonchev–Trinajstić information content (AvgIpc) is 2.33. The van der Waals surface area contributed by atoms with Crippen LogP contribution in [0.3, 0.4) is 0 Å². The molecule has 0 unspecified atom stereocenters. The molecule has 0 radical (unpaired) electrons. The first-order valence-electron chi connectivity index (χ1n) is 4.81. The number of amides is 1. The zero-order chi connectivity index (χ0) is 12.4. The second kappa shape index (κ2) is 8.79. The monoisotopic (exact) mass is 238 g/mol. The molecule has 1 amide bonds. The van der Waals surface area contributed by atoms with Gasteiger partial charge in [-0.3, -0.25) is 9.52 Å². The van der Waals surface area contributed by atoms with E-state index in [0.29, 0.717) is 5.56 Å². The Labute approximate surface area is 99.0 Å². The number of hydrogen-bond acceptors (Lipinski definition) is 3. The predicted molar refractivity (Wildman–Crippen MR) is 66.2 cm³/mol. The van der Waals surface area contributed by atoms with E-state index in [2.05, 4.69) is 14.7 Å². The van der Waals surface area contributed by atoms with Crippen LogP contribution >= 0.6 is 11.9 Å². The summed E-state index contributed by atoms with van der Waals surface area (Å²) in [6, 6.07) is 6.80. The van der Waals surface area contributed by atoms with Crippen molar-refractivity contribution in [1.29, 1.82) is 0 Å². The Kier molecular flexibility index (Phi) is 7.97. The maximum absolute atomic E-state index is 11.1. The number of hydrogen-bond donors (Lipinski definition) is 1. The van der Waals surface area contributed by atoms with Gasteiger partial charge in [0.1, 0.15) is 0 Å². The molecule has 1 rings (SSSR count). The molecule has 86 valence electrons. The molecule has 1 N–H and O–H groups in total. The number of carbonyl (C=O) groups excluding carboxylic acids is 1. The summed E-state index contributed by atoms with van der Waals surface area (Å²) < 4.78 is 2.91. The van der Waals surface area contributed by atoms with Gasteiger partial charge in [-0.05, 0) is 41.8 Å². The van der Waals surface area contributed by atoms with Gasteiger partial charge < -0.3 is 0 Å². The molecule has 0 aromatic heterocycles. The minimum atomic E-state index is -0.562. The molecule has 16 heavy (non-hydrogen) atoms. The van der Waals surface area contributed by atoms with Crippen LogP contribution in [0.2, 0.25) is 0 Å². The van der Waals surface area contributed by atoms with Crippen LogP contribution in [0.15, 0.2) is 34.3 Å². The predicted octanol–water partition coefficient (Wildman–Crippen LogP) is 3.39. The maximum Gasteiger partial charge on any atom is 0.249 e. The molecule has 0 saturated carbocycles. The first-order chi connectivity index (χ1) is 7.77. The zero-order valence-corrected chi connectivity index (χ0v) is 10.3. The summed E-state index contributed by atoms with van der Waals surface area (Å²) in [5, 5.41) is 2.99. The lowest BCUT2D eigenvalue weighted by molar-refractivity contribution is 0.100. The Hall–Kier alpha value is -1.49. The van der Waals surface area contributed by atoms with Gasteiger partial charge in [-0.1, -0.05) is 26.0 Å². The Balaban J connectivity index is 0.00000106. The summed E-state index contributed by atoms with van der Waals surface area (Å²) in [5.74, 6) is -0.562. The molecule has 0 aliphatic heterocycles. The summed E-state index contributed by atoms with van der Waals surface area (Å²) in [5.41, 5.74) is 8.45. The SMILES string of the molecule is CC.CNSc1ccc(C(=O)N=[N+]=[N-])cc1. The van der Waals surface area contributed by atoms with Crippen molar-refractivity contribution in [3.05, 3.63) is 40.3 Å². The minimum absolute atomic E-state index is 0.392. The van der Waals surface area contributed by atoms with Crippen LogP contribution in [-0.2, 0) is 0 Å².